The molecule has 25 heavy (non-hydrogen) atoms. The minimum absolute atomic E-state index is 0.187. The number of carbonyl (C=O) groups is 2. The fourth-order valence-corrected chi connectivity index (χ4v) is 3.55. The highest BCUT2D eigenvalue weighted by molar-refractivity contribution is 5.88. The number of hydrogen-bond acceptors (Lipinski definition) is 3. The Kier molecular flexibility index (Phi) is 3.42. The highest BCUT2D eigenvalue weighted by Gasteiger charge is 2.49. The van der Waals surface area contributed by atoms with Gasteiger partial charge < -0.3 is 15.2 Å². The number of nitrogens with zero attached hydrogens (tertiary/aromatic N) is 1. The van der Waals surface area contributed by atoms with Crippen molar-refractivity contribution in [3.63, 3.8) is 0 Å². The molecule has 2 amide bonds. The van der Waals surface area contributed by atoms with Crippen molar-refractivity contribution in [3.05, 3.63) is 65.2 Å². The molecule has 0 unspecified atom stereocenters. The van der Waals surface area contributed by atoms with Gasteiger partial charge in [-0.25, -0.2) is 9.59 Å². The number of ether oxygens (including phenoxy) is 1. The number of hydrogen-bond donors (Lipinski definition) is 2. The molecule has 0 spiro atoms. The number of carbonyl (C=O) groups excluding carboxylic acids is 1. The second-order valence-corrected chi connectivity index (χ2v) is 6.61. The van der Waals surface area contributed by atoms with Crippen LogP contribution < -0.4 is 10.1 Å². The number of amides is 2. The summed E-state index contributed by atoms with van der Waals surface area (Å²) in [5.74, 6) is -0.384. The minimum atomic E-state index is -0.996. The summed E-state index contributed by atoms with van der Waals surface area (Å²) in [6.07, 6.45) is 0.557. The number of aromatic carboxylic acids is 1. The topological polar surface area (TPSA) is 78.9 Å². The largest absolute Gasteiger partial charge is 0.478 e. The van der Waals surface area contributed by atoms with E-state index in [9.17, 15) is 14.7 Å². The van der Waals surface area contributed by atoms with Crippen molar-refractivity contribution in [1.82, 2.24) is 10.2 Å². The van der Waals surface area contributed by atoms with E-state index in [-0.39, 0.29) is 17.6 Å². The summed E-state index contributed by atoms with van der Waals surface area (Å²) in [5.41, 5.74) is 1.14. The Bertz CT molecular complexity index is 852. The molecule has 1 fully saturated rings. The van der Waals surface area contributed by atoms with E-state index in [1.54, 1.807) is 17.0 Å². The lowest BCUT2D eigenvalue weighted by atomic mass is 9.89. The van der Waals surface area contributed by atoms with Gasteiger partial charge in [-0.2, -0.15) is 0 Å². The van der Waals surface area contributed by atoms with E-state index in [0.29, 0.717) is 24.3 Å². The quantitative estimate of drug-likeness (QED) is 0.901. The van der Waals surface area contributed by atoms with Crippen LogP contribution in [0.25, 0.3) is 0 Å². The van der Waals surface area contributed by atoms with Gasteiger partial charge >= 0.3 is 12.0 Å². The first-order valence-electron chi connectivity index (χ1n) is 8.14. The maximum Gasteiger partial charge on any atom is 0.335 e. The van der Waals surface area contributed by atoms with E-state index >= 15 is 0 Å². The maximum absolute atomic E-state index is 12.7. The van der Waals surface area contributed by atoms with E-state index in [1.165, 1.54) is 6.07 Å². The van der Waals surface area contributed by atoms with Gasteiger partial charge in [0, 0.05) is 12.0 Å². The molecule has 2 aromatic carbocycles. The first-order chi connectivity index (χ1) is 12.0. The molecule has 6 nitrogen and oxygen atoms in total. The summed E-state index contributed by atoms with van der Waals surface area (Å²) < 4.78 is 6.15. The van der Waals surface area contributed by atoms with Crippen LogP contribution >= 0.6 is 0 Å². The van der Waals surface area contributed by atoms with Crippen LogP contribution in [0.4, 0.5) is 4.79 Å². The zero-order valence-electron chi connectivity index (χ0n) is 13.7. The molecular formula is C19H18N2O4. The molecule has 0 aliphatic carbocycles. The highest BCUT2D eigenvalue weighted by atomic mass is 16.5. The Morgan fingerprint density at radius 2 is 2.08 bits per heavy atom. The lowest BCUT2D eigenvalue weighted by Gasteiger charge is -2.50. The Balaban J connectivity index is 1.69. The summed E-state index contributed by atoms with van der Waals surface area (Å²) in [7, 11) is 0. The van der Waals surface area contributed by atoms with Crippen LogP contribution in [0, 0.1) is 0 Å². The van der Waals surface area contributed by atoms with Crippen LogP contribution in [-0.2, 0) is 6.54 Å². The third kappa shape index (κ3) is 2.59. The lowest BCUT2D eigenvalue weighted by Crippen LogP contribution is -2.64. The van der Waals surface area contributed by atoms with Gasteiger partial charge in [0.1, 0.15) is 5.75 Å². The number of nitrogens with one attached hydrogen (secondary N) is 1. The molecule has 0 saturated carbocycles. The van der Waals surface area contributed by atoms with Crippen LogP contribution in [0.1, 0.15) is 40.9 Å². The smallest absolute Gasteiger partial charge is 0.335 e. The fourth-order valence-electron chi connectivity index (χ4n) is 3.55. The van der Waals surface area contributed by atoms with Gasteiger partial charge in [0.2, 0.25) is 0 Å². The normalized spacial score (nSPS) is 24.1. The Morgan fingerprint density at radius 1 is 1.32 bits per heavy atom. The van der Waals surface area contributed by atoms with Gasteiger partial charge in [-0.3, -0.25) is 4.90 Å². The van der Waals surface area contributed by atoms with Crippen molar-refractivity contribution in [3.8, 4) is 5.75 Å². The van der Waals surface area contributed by atoms with Crippen molar-refractivity contribution in [2.24, 2.45) is 0 Å². The van der Waals surface area contributed by atoms with Gasteiger partial charge in [0.05, 0.1) is 18.2 Å². The van der Waals surface area contributed by atoms with E-state index in [2.05, 4.69) is 5.32 Å². The van der Waals surface area contributed by atoms with Gasteiger partial charge in [-0.1, -0.05) is 30.3 Å². The Labute approximate surface area is 145 Å². The fraction of sp³-hybridized carbons (Fsp3) is 0.263. The van der Waals surface area contributed by atoms with Crippen molar-refractivity contribution in [1.29, 1.82) is 0 Å². The van der Waals surface area contributed by atoms with Crippen molar-refractivity contribution in [2.75, 3.05) is 0 Å². The number of benzene rings is 2. The molecule has 0 radical (unpaired) electrons. The molecule has 2 atom stereocenters. The first kappa shape index (κ1) is 15.5. The number of urea groups is 1. The molecule has 2 N–H and O–H groups in total. The van der Waals surface area contributed by atoms with Crippen LogP contribution in [0.3, 0.4) is 0 Å². The van der Waals surface area contributed by atoms with Crippen molar-refractivity contribution >= 4 is 12.0 Å². The molecule has 2 bridgehead atoms. The van der Waals surface area contributed by atoms with Crippen LogP contribution in [-0.4, -0.2) is 27.7 Å². The van der Waals surface area contributed by atoms with Crippen molar-refractivity contribution < 1.29 is 19.4 Å². The summed E-state index contributed by atoms with van der Waals surface area (Å²) in [5, 5.41) is 12.2. The summed E-state index contributed by atoms with van der Waals surface area (Å²) in [6.45, 7) is 2.34. The zero-order chi connectivity index (χ0) is 17.6. The third-order valence-electron chi connectivity index (χ3n) is 4.84. The van der Waals surface area contributed by atoms with Crippen LogP contribution in [0.5, 0.6) is 5.75 Å². The second kappa shape index (κ2) is 5.51. The molecule has 6 heteroatoms. The molecule has 0 aromatic heterocycles. The zero-order valence-corrected chi connectivity index (χ0v) is 13.7. The SMILES string of the molecule is C[C@@]12C[C@@H](NC(=O)N1Cc1ccccc1)c1cc(C(=O)O)ccc1O2. The predicted molar refractivity (Wildman–Crippen MR) is 90.3 cm³/mol. The van der Waals surface area contributed by atoms with Gasteiger partial charge in [0.15, 0.2) is 5.72 Å². The summed E-state index contributed by atoms with van der Waals surface area (Å²) in [6, 6.07) is 14.1. The average Bonchev–Trinajstić information content (AvgIpc) is 2.59. The van der Waals surface area contributed by atoms with Crippen LogP contribution in [0.15, 0.2) is 48.5 Å². The molecule has 4 rings (SSSR count). The Morgan fingerprint density at radius 3 is 2.80 bits per heavy atom. The Hall–Kier alpha value is -3.02. The number of carboxylic acid groups (broad SMARTS) is 1. The summed E-state index contributed by atoms with van der Waals surface area (Å²) >= 11 is 0. The number of carboxylic acids is 1. The third-order valence-corrected chi connectivity index (χ3v) is 4.84. The lowest BCUT2D eigenvalue weighted by molar-refractivity contribution is -0.0879. The predicted octanol–water partition coefficient (Wildman–Crippen LogP) is 3.15. The van der Waals surface area contributed by atoms with Gasteiger partial charge in [0.25, 0.3) is 0 Å². The monoisotopic (exact) mass is 338 g/mol. The first-order valence-corrected chi connectivity index (χ1v) is 8.14. The summed E-state index contributed by atoms with van der Waals surface area (Å²) in [4.78, 5) is 25.6. The molecule has 128 valence electrons. The molecule has 2 aromatic rings. The van der Waals surface area contributed by atoms with E-state index in [1.807, 2.05) is 37.3 Å². The average molecular weight is 338 g/mol. The second-order valence-electron chi connectivity index (χ2n) is 6.61. The molecule has 2 aliphatic rings. The highest BCUT2D eigenvalue weighted by Crippen LogP contribution is 2.44. The molecule has 2 aliphatic heterocycles. The van der Waals surface area contributed by atoms with E-state index in [4.69, 9.17) is 4.74 Å². The molecule has 2 heterocycles. The molecule has 1 saturated heterocycles. The molecular weight excluding hydrogens is 320 g/mol. The van der Waals surface area contributed by atoms with Crippen molar-refractivity contribution in [2.45, 2.75) is 31.7 Å². The number of fused-ring (bicyclic) bond motifs is 4. The maximum atomic E-state index is 12.7. The van der Waals surface area contributed by atoms with Gasteiger partial charge in [-0.05, 0) is 30.7 Å². The minimum Gasteiger partial charge on any atom is -0.478 e. The van der Waals surface area contributed by atoms with E-state index < -0.39 is 11.7 Å². The van der Waals surface area contributed by atoms with E-state index in [0.717, 1.165) is 5.56 Å². The number of rotatable bonds is 3. The standard InChI is InChI=1S/C19H18N2O4/c1-19-10-15(14-9-13(17(22)23)7-8-16(14)25-19)20-18(24)21(19)11-12-5-3-2-4-6-12/h2-9,15H,10-11H2,1H3,(H,20,24)(H,22,23)/t15-,19-/m1/s1. The van der Waals surface area contributed by atoms with Gasteiger partial charge in [-0.15, -0.1) is 0 Å². The van der Waals surface area contributed by atoms with Crippen LogP contribution in [0.2, 0.25) is 0 Å².